The highest BCUT2D eigenvalue weighted by molar-refractivity contribution is 5.75. The number of fused-ring (bicyclic) bond motifs is 2. The summed E-state index contributed by atoms with van der Waals surface area (Å²) in [5, 5.41) is 0. The summed E-state index contributed by atoms with van der Waals surface area (Å²) in [6.45, 7) is 0.597. The molecule has 3 aromatic rings. The summed E-state index contributed by atoms with van der Waals surface area (Å²) in [6.07, 6.45) is 0.887. The first kappa shape index (κ1) is 11.5. The van der Waals surface area contributed by atoms with Crippen molar-refractivity contribution in [2.45, 2.75) is 12.3 Å². The van der Waals surface area contributed by atoms with E-state index in [4.69, 9.17) is 4.74 Å². The molecule has 1 unspecified atom stereocenters. The van der Waals surface area contributed by atoms with E-state index in [1.54, 1.807) is 6.07 Å². The second-order valence-corrected chi connectivity index (χ2v) is 5.10. The molecule has 1 N–H and O–H groups in total. The van der Waals surface area contributed by atoms with Crippen molar-refractivity contribution in [2.24, 2.45) is 0 Å². The molecule has 0 saturated carbocycles. The van der Waals surface area contributed by atoms with Crippen molar-refractivity contribution < 1.29 is 9.13 Å². The van der Waals surface area contributed by atoms with Gasteiger partial charge in [0.2, 0.25) is 0 Å². The van der Waals surface area contributed by atoms with E-state index in [1.807, 2.05) is 18.2 Å². The van der Waals surface area contributed by atoms with Crippen LogP contribution in [0, 0.1) is 5.82 Å². The van der Waals surface area contributed by atoms with E-state index in [0.717, 1.165) is 29.0 Å². The summed E-state index contributed by atoms with van der Waals surface area (Å²) in [5.74, 6) is 1.74. The topological polar surface area (TPSA) is 37.9 Å². The molecule has 0 aliphatic carbocycles. The van der Waals surface area contributed by atoms with Gasteiger partial charge in [0.05, 0.1) is 23.6 Å². The second-order valence-electron chi connectivity index (χ2n) is 5.10. The third-order valence-electron chi connectivity index (χ3n) is 3.73. The lowest BCUT2D eigenvalue weighted by Gasteiger charge is -2.23. The molecule has 4 heteroatoms. The number of benzene rings is 2. The molecule has 100 valence electrons. The average Bonchev–Trinajstić information content (AvgIpc) is 2.89. The molecule has 0 fully saturated rings. The number of hydrogen-bond donors (Lipinski definition) is 1. The molecule has 0 bridgehead atoms. The maximum Gasteiger partial charge on any atom is 0.125 e. The Bertz CT molecular complexity index is 781. The van der Waals surface area contributed by atoms with Gasteiger partial charge in [-0.1, -0.05) is 18.2 Å². The van der Waals surface area contributed by atoms with Crippen LogP contribution in [0.15, 0.2) is 42.5 Å². The van der Waals surface area contributed by atoms with Crippen LogP contribution in [0.25, 0.3) is 11.0 Å². The number of nitrogens with zero attached hydrogens (tertiary/aromatic N) is 1. The number of aromatic nitrogens is 2. The van der Waals surface area contributed by atoms with Gasteiger partial charge in [-0.05, 0) is 36.2 Å². The molecule has 2 aromatic carbocycles. The third kappa shape index (κ3) is 1.84. The van der Waals surface area contributed by atoms with Crippen molar-refractivity contribution in [3.05, 3.63) is 59.7 Å². The minimum Gasteiger partial charge on any atom is -0.493 e. The third-order valence-corrected chi connectivity index (χ3v) is 3.73. The predicted octanol–water partition coefficient (Wildman–Crippen LogP) is 3.42. The van der Waals surface area contributed by atoms with Crippen LogP contribution in [0.3, 0.4) is 0 Å². The smallest absolute Gasteiger partial charge is 0.125 e. The zero-order valence-corrected chi connectivity index (χ0v) is 10.8. The van der Waals surface area contributed by atoms with E-state index in [2.05, 4.69) is 16.0 Å². The number of hydrogen-bond acceptors (Lipinski definition) is 2. The molecule has 0 amide bonds. The molecular formula is C16H13FN2O. The van der Waals surface area contributed by atoms with Crippen molar-refractivity contribution >= 4 is 11.0 Å². The molecule has 1 atom stereocenters. The molecule has 0 radical (unpaired) electrons. The maximum atomic E-state index is 13.2. The van der Waals surface area contributed by atoms with Crippen LogP contribution in [-0.2, 0) is 6.42 Å². The van der Waals surface area contributed by atoms with E-state index in [1.165, 1.54) is 17.7 Å². The van der Waals surface area contributed by atoms with Crippen molar-refractivity contribution in [1.82, 2.24) is 9.97 Å². The van der Waals surface area contributed by atoms with Crippen LogP contribution in [0.5, 0.6) is 5.75 Å². The van der Waals surface area contributed by atoms with Gasteiger partial charge in [-0.25, -0.2) is 9.37 Å². The number of aromatic amines is 1. The first-order valence-electron chi connectivity index (χ1n) is 6.65. The number of rotatable bonds is 1. The van der Waals surface area contributed by atoms with Crippen molar-refractivity contribution in [3.8, 4) is 5.75 Å². The summed E-state index contributed by atoms with van der Waals surface area (Å²) in [6, 6.07) is 12.6. The van der Waals surface area contributed by atoms with E-state index < -0.39 is 0 Å². The molecule has 1 aliphatic heterocycles. The highest BCUT2D eigenvalue weighted by Crippen LogP contribution is 2.31. The van der Waals surface area contributed by atoms with E-state index in [0.29, 0.717) is 6.61 Å². The Balaban J connectivity index is 1.70. The molecular weight excluding hydrogens is 255 g/mol. The molecule has 1 aromatic heterocycles. The van der Waals surface area contributed by atoms with Crippen LogP contribution < -0.4 is 4.74 Å². The Labute approximate surface area is 115 Å². The van der Waals surface area contributed by atoms with Crippen molar-refractivity contribution in [1.29, 1.82) is 0 Å². The largest absolute Gasteiger partial charge is 0.493 e. The molecule has 2 heterocycles. The summed E-state index contributed by atoms with van der Waals surface area (Å²) in [4.78, 5) is 7.75. The monoisotopic (exact) mass is 268 g/mol. The predicted molar refractivity (Wildman–Crippen MR) is 74.4 cm³/mol. The zero-order valence-electron chi connectivity index (χ0n) is 10.8. The van der Waals surface area contributed by atoms with Crippen LogP contribution in [-0.4, -0.2) is 16.6 Å². The maximum absolute atomic E-state index is 13.2. The number of imidazole rings is 1. The fraction of sp³-hybridized carbons (Fsp3) is 0.188. The molecule has 20 heavy (non-hydrogen) atoms. The summed E-state index contributed by atoms with van der Waals surface area (Å²) in [5.41, 5.74) is 2.72. The van der Waals surface area contributed by atoms with Crippen molar-refractivity contribution in [3.63, 3.8) is 0 Å². The Morgan fingerprint density at radius 3 is 3.05 bits per heavy atom. The van der Waals surface area contributed by atoms with Gasteiger partial charge in [0.25, 0.3) is 0 Å². The van der Waals surface area contributed by atoms with Gasteiger partial charge in [-0.2, -0.15) is 0 Å². The summed E-state index contributed by atoms with van der Waals surface area (Å²) < 4.78 is 19.0. The van der Waals surface area contributed by atoms with Crippen LogP contribution in [0.2, 0.25) is 0 Å². The molecule has 0 saturated heterocycles. The van der Waals surface area contributed by atoms with Crippen LogP contribution >= 0.6 is 0 Å². The van der Waals surface area contributed by atoms with Gasteiger partial charge in [0.1, 0.15) is 17.4 Å². The lowest BCUT2D eigenvalue weighted by Crippen LogP contribution is -2.20. The van der Waals surface area contributed by atoms with Gasteiger partial charge in [0, 0.05) is 0 Å². The van der Waals surface area contributed by atoms with E-state index in [-0.39, 0.29) is 11.7 Å². The molecule has 0 spiro atoms. The highest BCUT2D eigenvalue weighted by atomic mass is 19.1. The Hall–Kier alpha value is -2.36. The fourth-order valence-electron chi connectivity index (χ4n) is 2.70. The lowest BCUT2D eigenvalue weighted by atomic mass is 9.96. The first-order valence-corrected chi connectivity index (χ1v) is 6.65. The minimum atomic E-state index is -0.252. The van der Waals surface area contributed by atoms with Crippen LogP contribution in [0.4, 0.5) is 4.39 Å². The van der Waals surface area contributed by atoms with Crippen LogP contribution in [0.1, 0.15) is 17.3 Å². The van der Waals surface area contributed by atoms with Gasteiger partial charge in [0.15, 0.2) is 0 Å². The van der Waals surface area contributed by atoms with Gasteiger partial charge in [-0.15, -0.1) is 0 Å². The lowest BCUT2D eigenvalue weighted by molar-refractivity contribution is 0.258. The Kier molecular flexibility index (Phi) is 2.49. The highest BCUT2D eigenvalue weighted by Gasteiger charge is 2.23. The second kappa shape index (κ2) is 4.34. The number of H-pyrrole nitrogens is 1. The van der Waals surface area contributed by atoms with Gasteiger partial charge < -0.3 is 9.72 Å². The number of para-hydroxylation sites is 1. The number of ether oxygens (including phenoxy) is 1. The fourth-order valence-corrected chi connectivity index (χ4v) is 2.70. The Morgan fingerprint density at radius 2 is 2.10 bits per heavy atom. The van der Waals surface area contributed by atoms with Crippen molar-refractivity contribution in [2.75, 3.05) is 6.61 Å². The average molecular weight is 268 g/mol. The van der Waals surface area contributed by atoms with Gasteiger partial charge in [-0.3, -0.25) is 0 Å². The quantitative estimate of drug-likeness (QED) is 0.734. The molecule has 3 nitrogen and oxygen atoms in total. The van der Waals surface area contributed by atoms with Gasteiger partial charge >= 0.3 is 0 Å². The SMILES string of the molecule is Fc1ccc2nc(C3COc4ccccc4C3)[nH]c2c1. The minimum absolute atomic E-state index is 0.181. The normalized spacial score (nSPS) is 17.8. The summed E-state index contributed by atoms with van der Waals surface area (Å²) >= 11 is 0. The van der Waals surface area contributed by atoms with E-state index >= 15 is 0 Å². The first-order chi connectivity index (χ1) is 9.79. The summed E-state index contributed by atoms with van der Waals surface area (Å²) in [7, 11) is 0. The van der Waals surface area contributed by atoms with E-state index in [9.17, 15) is 4.39 Å². The number of halogens is 1. The standard InChI is InChI=1S/C16H13FN2O/c17-12-5-6-13-14(8-12)19-16(18-13)11-7-10-3-1-2-4-15(10)20-9-11/h1-6,8,11H,7,9H2,(H,18,19). The molecule has 1 aliphatic rings. The zero-order chi connectivity index (χ0) is 13.5. The Morgan fingerprint density at radius 1 is 1.20 bits per heavy atom. The molecule has 4 rings (SSSR count). The number of nitrogens with one attached hydrogen (secondary N) is 1.